The molecule has 0 aliphatic heterocycles. The molecule has 6 nitrogen and oxygen atoms in total. The summed E-state index contributed by atoms with van der Waals surface area (Å²) in [5.41, 5.74) is 6.39. The molecule has 1 heterocycles. The van der Waals surface area contributed by atoms with Crippen LogP contribution in [0.5, 0.6) is 0 Å². The van der Waals surface area contributed by atoms with Gasteiger partial charge in [0.2, 0.25) is 0 Å². The Morgan fingerprint density at radius 1 is 1.28 bits per heavy atom. The summed E-state index contributed by atoms with van der Waals surface area (Å²) in [6, 6.07) is 6.61. The minimum Gasteiger partial charge on any atom is -0.381 e. The number of rotatable bonds is 4. The standard InChI is InChI=1S/C11H10N4O2S/c12-10-11(14-6-5-13-10)18-7-8-3-1-2-4-9(8)15(16)17/h1-6H,7H2,(H2,12,13). The van der Waals surface area contributed by atoms with Gasteiger partial charge in [0.05, 0.1) is 4.92 Å². The molecule has 0 fully saturated rings. The predicted molar refractivity (Wildman–Crippen MR) is 69.1 cm³/mol. The van der Waals surface area contributed by atoms with Gasteiger partial charge in [0.25, 0.3) is 5.69 Å². The minimum atomic E-state index is -0.393. The van der Waals surface area contributed by atoms with E-state index in [2.05, 4.69) is 9.97 Å². The van der Waals surface area contributed by atoms with Crippen molar-refractivity contribution in [1.82, 2.24) is 9.97 Å². The molecule has 0 atom stereocenters. The highest BCUT2D eigenvalue weighted by Crippen LogP contribution is 2.28. The summed E-state index contributed by atoms with van der Waals surface area (Å²) >= 11 is 1.33. The topological polar surface area (TPSA) is 94.9 Å². The summed E-state index contributed by atoms with van der Waals surface area (Å²) in [6.45, 7) is 0. The van der Waals surface area contributed by atoms with Gasteiger partial charge in [-0.05, 0) is 0 Å². The van der Waals surface area contributed by atoms with Crippen molar-refractivity contribution in [3.05, 3.63) is 52.3 Å². The number of thioether (sulfide) groups is 1. The SMILES string of the molecule is Nc1nccnc1SCc1ccccc1[N+](=O)[O-]. The number of nitrogens with zero attached hydrogens (tertiary/aromatic N) is 3. The number of hydrogen-bond acceptors (Lipinski definition) is 6. The summed E-state index contributed by atoms with van der Waals surface area (Å²) in [5.74, 6) is 0.765. The van der Waals surface area contributed by atoms with Gasteiger partial charge in [-0.2, -0.15) is 0 Å². The van der Waals surface area contributed by atoms with E-state index in [0.717, 1.165) is 0 Å². The fourth-order valence-electron chi connectivity index (χ4n) is 1.40. The maximum absolute atomic E-state index is 10.8. The number of nitrogen functional groups attached to an aromatic ring is 1. The van der Waals surface area contributed by atoms with Crippen molar-refractivity contribution in [2.24, 2.45) is 0 Å². The average molecular weight is 262 g/mol. The van der Waals surface area contributed by atoms with Crippen LogP contribution >= 0.6 is 11.8 Å². The molecule has 2 aromatic rings. The number of nitrogens with two attached hydrogens (primary N) is 1. The Hall–Kier alpha value is -2.15. The molecule has 0 radical (unpaired) electrons. The molecule has 0 bridgehead atoms. The van der Waals surface area contributed by atoms with Gasteiger partial charge in [0, 0.05) is 29.8 Å². The van der Waals surface area contributed by atoms with E-state index in [-0.39, 0.29) is 5.69 Å². The van der Waals surface area contributed by atoms with Crippen LogP contribution < -0.4 is 5.73 Å². The third-order valence-corrected chi connectivity index (χ3v) is 3.29. The lowest BCUT2D eigenvalue weighted by molar-refractivity contribution is -0.385. The van der Waals surface area contributed by atoms with E-state index in [4.69, 9.17) is 5.73 Å². The highest BCUT2D eigenvalue weighted by molar-refractivity contribution is 7.98. The molecule has 0 aliphatic carbocycles. The van der Waals surface area contributed by atoms with Crippen LogP contribution in [0.4, 0.5) is 11.5 Å². The second-order valence-electron chi connectivity index (χ2n) is 3.42. The Bertz CT molecular complexity index is 576. The molecule has 0 amide bonds. The Balaban J connectivity index is 2.16. The van der Waals surface area contributed by atoms with Crippen molar-refractivity contribution >= 4 is 23.3 Å². The molecule has 92 valence electrons. The fraction of sp³-hybridized carbons (Fsp3) is 0.0909. The summed E-state index contributed by atoms with van der Waals surface area (Å²) in [5, 5.41) is 11.4. The zero-order chi connectivity index (χ0) is 13.0. The second kappa shape index (κ2) is 5.46. The Morgan fingerprint density at radius 2 is 2.00 bits per heavy atom. The van der Waals surface area contributed by atoms with Crippen LogP contribution in [0.1, 0.15) is 5.56 Å². The number of hydrogen-bond donors (Lipinski definition) is 1. The molecule has 2 rings (SSSR count). The van der Waals surface area contributed by atoms with Crippen molar-refractivity contribution in [1.29, 1.82) is 0 Å². The molecule has 1 aromatic carbocycles. The first-order chi connectivity index (χ1) is 8.68. The highest BCUT2D eigenvalue weighted by atomic mass is 32.2. The van der Waals surface area contributed by atoms with E-state index in [9.17, 15) is 10.1 Å². The van der Waals surface area contributed by atoms with E-state index in [1.807, 2.05) is 0 Å². The van der Waals surface area contributed by atoms with Gasteiger partial charge in [0.15, 0.2) is 5.82 Å². The zero-order valence-corrected chi connectivity index (χ0v) is 10.1. The van der Waals surface area contributed by atoms with Crippen molar-refractivity contribution < 1.29 is 4.92 Å². The smallest absolute Gasteiger partial charge is 0.273 e. The molecule has 7 heteroatoms. The van der Waals surface area contributed by atoms with Crippen molar-refractivity contribution in [3.63, 3.8) is 0 Å². The molecule has 18 heavy (non-hydrogen) atoms. The van der Waals surface area contributed by atoms with Gasteiger partial charge < -0.3 is 5.73 Å². The van der Waals surface area contributed by atoms with Gasteiger partial charge >= 0.3 is 0 Å². The summed E-state index contributed by atoms with van der Waals surface area (Å²) in [4.78, 5) is 18.4. The van der Waals surface area contributed by atoms with Crippen LogP contribution in [0.2, 0.25) is 0 Å². The maximum atomic E-state index is 10.8. The molecule has 0 saturated heterocycles. The molecule has 2 N–H and O–H groups in total. The summed E-state index contributed by atoms with van der Waals surface area (Å²) in [6.07, 6.45) is 3.04. The van der Waals surface area contributed by atoms with E-state index in [0.29, 0.717) is 22.2 Å². The second-order valence-corrected chi connectivity index (χ2v) is 4.39. The van der Waals surface area contributed by atoms with Crippen LogP contribution in [0.3, 0.4) is 0 Å². The fourth-order valence-corrected chi connectivity index (χ4v) is 2.28. The normalized spacial score (nSPS) is 10.2. The number of nitro benzene ring substituents is 1. The summed E-state index contributed by atoms with van der Waals surface area (Å²) in [7, 11) is 0. The molecule has 0 unspecified atom stereocenters. The van der Waals surface area contributed by atoms with E-state index in [1.54, 1.807) is 18.2 Å². The van der Waals surface area contributed by atoms with Crippen molar-refractivity contribution in [3.8, 4) is 0 Å². The van der Waals surface area contributed by atoms with E-state index >= 15 is 0 Å². The molecule has 1 aromatic heterocycles. The number of aromatic nitrogens is 2. The van der Waals surface area contributed by atoms with Gasteiger partial charge in [-0.25, -0.2) is 9.97 Å². The van der Waals surface area contributed by atoms with E-state index < -0.39 is 4.92 Å². The van der Waals surface area contributed by atoms with Gasteiger partial charge in [-0.3, -0.25) is 10.1 Å². The maximum Gasteiger partial charge on any atom is 0.273 e. The minimum absolute atomic E-state index is 0.104. The lowest BCUT2D eigenvalue weighted by Gasteiger charge is -2.03. The van der Waals surface area contributed by atoms with Crippen molar-refractivity contribution in [2.75, 3.05) is 5.73 Å². The van der Waals surface area contributed by atoms with Crippen molar-refractivity contribution in [2.45, 2.75) is 10.8 Å². The van der Waals surface area contributed by atoms with Crippen LogP contribution in [0.15, 0.2) is 41.7 Å². The van der Waals surface area contributed by atoms with Gasteiger partial charge in [-0.15, -0.1) is 0 Å². The number of benzene rings is 1. The molecular weight excluding hydrogens is 252 g/mol. The van der Waals surface area contributed by atoms with Crippen LogP contribution in [0.25, 0.3) is 0 Å². The third kappa shape index (κ3) is 2.75. The first-order valence-electron chi connectivity index (χ1n) is 5.10. The van der Waals surface area contributed by atoms with E-state index in [1.165, 1.54) is 30.2 Å². The first-order valence-corrected chi connectivity index (χ1v) is 6.08. The highest BCUT2D eigenvalue weighted by Gasteiger charge is 2.13. The average Bonchev–Trinajstić information content (AvgIpc) is 2.38. The number of anilines is 1. The summed E-state index contributed by atoms with van der Waals surface area (Å²) < 4.78 is 0. The third-order valence-electron chi connectivity index (χ3n) is 2.24. The number of para-hydroxylation sites is 1. The first kappa shape index (κ1) is 12.3. The molecular formula is C11H10N4O2S. The van der Waals surface area contributed by atoms with Crippen LogP contribution in [-0.2, 0) is 5.75 Å². The largest absolute Gasteiger partial charge is 0.381 e. The van der Waals surface area contributed by atoms with Gasteiger partial charge in [-0.1, -0.05) is 30.0 Å². The van der Waals surface area contributed by atoms with Crippen LogP contribution in [0, 0.1) is 10.1 Å². The predicted octanol–water partition coefficient (Wildman–Crippen LogP) is 2.26. The molecule has 0 aliphatic rings. The quantitative estimate of drug-likeness (QED) is 0.516. The van der Waals surface area contributed by atoms with Gasteiger partial charge in [0.1, 0.15) is 5.03 Å². The number of nitro groups is 1. The molecule has 0 saturated carbocycles. The molecule has 0 spiro atoms. The Morgan fingerprint density at radius 3 is 2.72 bits per heavy atom. The Labute approximate surface area is 107 Å². The zero-order valence-electron chi connectivity index (χ0n) is 9.31. The lowest BCUT2D eigenvalue weighted by Crippen LogP contribution is -1.96. The monoisotopic (exact) mass is 262 g/mol. The lowest BCUT2D eigenvalue weighted by atomic mass is 10.2. The Kier molecular flexibility index (Phi) is 3.73. The van der Waals surface area contributed by atoms with Crippen LogP contribution in [-0.4, -0.2) is 14.9 Å².